The van der Waals surface area contributed by atoms with Gasteiger partial charge in [0, 0.05) is 53.5 Å². The molecule has 8 heteroatoms. The molecule has 1 aromatic carbocycles. The van der Waals surface area contributed by atoms with Crippen molar-refractivity contribution in [3.63, 3.8) is 0 Å². The smallest absolute Gasteiger partial charge is 0.368 e. The number of piperidine rings is 1. The Kier molecular flexibility index (Phi) is 9.20. The quantitative estimate of drug-likeness (QED) is 0.224. The number of allylic oxidation sites excluding steroid dienone is 7. The molecule has 1 aromatic heterocycles. The third-order valence-corrected chi connectivity index (χ3v) is 7.94. The molecule has 41 heavy (non-hydrogen) atoms. The minimum absolute atomic E-state index is 0.186. The summed E-state index contributed by atoms with van der Waals surface area (Å²) in [6.07, 6.45) is 16.0. The van der Waals surface area contributed by atoms with Gasteiger partial charge >= 0.3 is 5.97 Å². The van der Waals surface area contributed by atoms with E-state index in [-0.39, 0.29) is 12.5 Å². The molecule has 0 spiro atoms. The van der Waals surface area contributed by atoms with Crippen molar-refractivity contribution in [2.24, 2.45) is 5.92 Å². The van der Waals surface area contributed by atoms with Crippen molar-refractivity contribution in [2.45, 2.75) is 38.7 Å². The summed E-state index contributed by atoms with van der Waals surface area (Å²) in [4.78, 5) is 28.9. The van der Waals surface area contributed by atoms with Crippen LogP contribution in [0.3, 0.4) is 0 Å². The number of nitrogens with zero attached hydrogens (tertiary/aromatic N) is 2. The average Bonchev–Trinajstić information content (AvgIpc) is 3.14. The van der Waals surface area contributed by atoms with Gasteiger partial charge in [0.2, 0.25) is 5.88 Å². The largest absolute Gasteiger partial charge is 0.438 e. The van der Waals surface area contributed by atoms with Gasteiger partial charge in [-0.3, -0.25) is 4.89 Å². The molecule has 0 radical (unpaired) electrons. The molecule has 2 aliphatic heterocycles. The highest BCUT2D eigenvalue weighted by Crippen LogP contribution is 2.39. The number of rotatable bonds is 8. The summed E-state index contributed by atoms with van der Waals surface area (Å²) in [7, 11) is 0. The molecule has 1 fully saturated rings. The number of carbonyl (C=O) groups is 1. The fourth-order valence-corrected chi connectivity index (χ4v) is 5.48. The molecule has 1 unspecified atom stereocenters. The SMILES string of the molecule is CCOOC(=O)C(C)=CC1C=CC=C2Oc3ncccc3C(=CCCN3CCC(O)(c4ccc(Cl)cc4)CC3)C=C21. The Hall–Kier alpha value is -3.49. The summed E-state index contributed by atoms with van der Waals surface area (Å²) in [5, 5.41) is 11.9. The van der Waals surface area contributed by atoms with Gasteiger partial charge in [-0.1, -0.05) is 48.0 Å². The average molecular weight is 575 g/mol. The molecule has 1 atom stereocenters. The van der Waals surface area contributed by atoms with Crippen LogP contribution < -0.4 is 4.74 Å². The Morgan fingerprint density at radius 1 is 1.24 bits per heavy atom. The maximum atomic E-state index is 12.3. The summed E-state index contributed by atoms with van der Waals surface area (Å²) in [5.74, 6) is 0.541. The maximum Gasteiger partial charge on any atom is 0.368 e. The highest BCUT2D eigenvalue weighted by atomic mass is 35.5. The lowest BCUT2D eigenvalue weighted by atomic mass is 9.84. The van der Waals surface area contributed by atoms with Crippen LogP contribution in [0.15, 0.2) is 96.0 Å². The van der Waals surface area contributed by atoms with E-state index in [1.54, 1.807) is 20.0 Å². The summed E-state index contributed by atoms with van der Waals surface area (Å²) < 4.78 is 6.27. The predicted octanol–water partition coefficient (Wildman–Crippen LogP) is 6.32. The van der Waals surface area contributed by atoms with E-state index in [1.165, 1.54) is 0 Å². The normalized spacial score (nSPS) is 21.2. The zero-order chi connectivity index (χ0) is 28.8. The first kappa shape index (κ1) is 29.0. The van der Waals surface area contributed by atoms with E-state index < -0.39 is 11.6 Å². The minimum atomic E-state index is -0.819. The van der Waals surface area contributed by atoms with Crippen LogP contribution in [-0.4, -0.2) is 47.2 Å². The zero-order valence-electron chi connectivity index (χ0n) is 23.4. The highest BCUT2D eigenvalue weighted by molar-refractivity contribution is 6.30. The lowest BCUT2D eigenvalue weighted by Gasteiger charge is -2.38. The fraction of sp³-hybridized carbons (Fsp3) is 0.333. The molecule has 3 aliphatic rings. The van der Waals surface area contributed by atoms with Crippen LogP contribution in [0, 0.1) is 5.92 Å². The van der Waals surface area contributed by atoms with E-state index in [2.05, 4.69) is 22.0 Å². The Morgan fingerprint density at radius 2 is 2.02 bits per heavy atom. The molecule has 1 saturated heterocycles. The molecule has 7 nitrogen and oxygen atoms in total. The Bertz CT molecular complexity index is 1420. The number of ether oxygens (including phenoxy) is 1. The second-order valence-electron chi connectivity index (χ2n) is 10.5. The number of likely N-dealkylation sites (tertiary alicyclic amines) is 1. The van der Waals surface area contributed by atoms with E-state index in [0.29, 0.717) is 35.1 Å². The number of halogens is 1. The lowest BCUT2D eigenvalue weighted by Crippen LogP contribution is -2.42. The van der Waals surface area contributed by atoms with E-state index >= 15 is 0 Å². The molecule has 1 N–H and O–H groups in total. The van der Waals surface area contributed by atoms with Crippen LogP contribution >= 0.6 is 11.6 Å². The van der Waals surface area contributed by atoms with Crippen molar-refractivity contribution in [1.82, 2.24) is 9.88 Å². The van der Waals surface area contributed by atoms with Gasteiger partial charge in [0.1, 0.15) is 5.76 Å². The van der Waals surface area contributed by atoms with Crippen LogP contribution in [0.25, 0.3) is 5.57 Å². The Morgan fingerprint density at radius 3 is 2.78 bits per heavy atom. The van der Waals surface area contributed by atoms with Crippen molar-refractivity contribution < 1.29 is 24.4 Å². The third-order valence-electron chi connectivity index (χ3n) is 7.69. The topological polar surface area (TPSA) is 81.1 Å². The van der Waals surface area contributed by atoms with E-state index in [0.717, 1.165) is 48.3 Å². The van der Waals surface area contributed by atoms with Crippen LogP contribution in [0.2, 0.25) is 5.02 Å². The number of hydrogen-bond donors (Lipinski definition) is 1. The maximum absolute atomic E-state index is 12.3. The fourth-order valence-electron chi connectivity index (χ4n) is 5.36. The van der Waals surface area contributed by atoms with Crippen molar-refractivity contribution >= 4 is 23.1 Å². The monoisotopic (exact) mass is 574 g/mol. The van der Waals surface area contributed by atoms with Crippen molar-refractivity contribution in [2.75, 3.05) is 26.2 Å². The molecule has 214 valence electrons. The Labute approximate surface area is 246 Å². The van der Waals surface area contributed by atoms with Gasteiger partial charge in [0.15, 0.2) is 0 Å². The Balaban J connectivity index is 1.32. The van der Waals surface area contributed by atoms with Crippen LogP contribution in [0.5, 0.6) is 5.88 Å². The van der Waals surface area contributed by atoms with E-state index in [9.17, 15) is 9.90 Å². The molecular weight excluding hydrogens is 540 g/mol. The lowest BCUT2D eigenvalue weighted by molar-refractivity contribution is -0.265. The molecule has 3 heterocycles. The highest BCUT2D eigenvalue weighted by Gasteiger charge is 2.33. The van der Waals surface area contributed by atoms with E-state index in [1.807, 2.05) is 60.7 Å². The first-order valence-electron chi connectivity index (χ1n) is 14.0. The van der Waals surface area contributed by atoms with Crippen LogP contribution in [0.1, 0.15) is 44.2 Å². The van der Waals surface area contributed by atoms with Crippen LogP contribution in [-0.2, 0) is 20.2 Å². The molecule has 0 amide bonds. The van der Waals surface area contributed by atoms with Gasteiger partial charge < -0.3 is 14.7 Å². The number of aliphatic hydroxyl groups is 1. The summed E-state index contributed by atoms with van der Waals surface area (Å²) in [6, 6.07) is 11.4. The van der Waals surface area contributed by atoms with Gasteiger partial charge in [0.25, 0.3) is 0 Å². The van der Waals surface area contributed by atoms with Crippen LogP contribution in [0.4, 0.5) is 0 Å². The zero-order valence-corrected chi connectivity index (χ0v) is 24.1. The first-order chi connectivity index (χ1) is 19.9. The number of benzene rings is 1. The summed E-state index contributed by atoms with van der Waals surface area (Å²) in [5.41, 5.74) is 3.43. The summed E-state index contributed by atoms with van der Waals surface area (Å²) in [6.45, 7) is 6.25. The standard InChI is InChI=1S/C33H35ClN2O5/c1-3-39-41-32(37)23(2)21-24-7-4-10-30-29(24)22-25(28-9-5-17-35-31(28)40-30)8-6-18-36-19-15-33(38,16-20-36)26-11-13-27(34)14-12-26/h4-5,7-14,17,21-22,24,38H,3,6,15-16,18-20H2,1-2H3. The van der Waals surface area contributed by atoms with Gasteiger partial charge in [-0.15, -0.1) is 0 Å². The van der Waals surface area contributed by atoms with Crippen molar-refractivity contribution in [3.05, 3.63) is 112 Å². The molecule has 0 bridgehead atoms. The molecule has 1 aliphatic carbocycles. The van der Waals surface area contributed by atoms with Gasteiger partial charge in [-0.2, -0.15) is 4.89 Å². The minimum Gasteiger partial charge on any atom is -0.438 e. The number of pyridine rings is 1. The third kappa shape index (κ3) is 6.88. The molecule has 5 rings (SSSR count). The molecular formula is C33H35ClN2O5. The van der Waals surface area contributed by atoms with Crippen molar-refractivity contribution in [1.29, 1.82) is 0 Å². The number of aromatic nitrogens is 1. The number of hydrogen-bond acceptors (Lipinski definition) is 7. The van der Waals surface area contributed by atoms with Gasteiger partial charge in [0.05, 0.1) is 12.2 Å². The second-order valence-corrected chi connectivity index (χ2v) is 10.9. The number of fused-ring (bicyclic) bond motifs is 2. The van der Waals surface area contributed by atoms with Gasteiger partial charge in [-0.05, 0) is 80.7 Å². The number of carbonyl (C=O) groups excluding carboxylic acids is 1. The second kappa shape index (κ2) is 13.0. The molecule has 2 aromatic rings. The summed E-state index contributed by atoms with van der Waals surface area (Å²) >= 11 is 6.04. The van der Waals surface area contributed by atoms with Gasteiger partial charge in [-0.25, -0.2) is 9.78 Å². The first-order valence-corrected chi connectivity index (χ1v) is 14.4. The van der Waals surface area contributed by atoms with Crippen molar-refractivity contribution in [3.8, 4) is 5.88 Å². The molecule has 0 saturated carbocycles. The van der Waals surface area contributed by atoms with E-state index in [4.69, 9.17) is 26.1 Å². The predicted molar refractivity (Wildman–Crippen MR) is 159 cm³/mol.